The van der Waals surface area contributed by atoms with Crippen molar-refractivity contribution in [2.45, 2.75) is 12.0 Å². The van der Waals surface area contributed by atoms with Gasteiger partial charge in [-0.15, -0.1) is 0 Å². The Morgan fingerprint density at radius 2 is 2.42 bits per heavy atom. The van der Waals surface area contributed by atoms with Gasteiger partial charge in [0.2, 0.25) is 0 Å². The molecule has 5 heteroatoms. The van der Waals surface area contributed by atoms with E-state index in [0.717, 1.165) is 19.5 Å². The van der Waals surface area contributed by atoms with Gasteiger partial charge >= 0.3 is 0 Å². The first-order valence-corrected chi connectivity index (χ1v) is 4.35. The highest BCUT2D eigenvalue weighted by atomic mass is 32.1. The second-order valence-corrected chi connectivity index (χ2v) is 3.89. The van der Waals surface area contributed by atoms with Crippen LogP contribution in [0, 0.1) is 0 Å². The lowest BCUT2D eigenvalue weighted by molar-refractivity contribution is -0.123. The van der Waals surface area contributed by atoms with Crippen LogP contribution >= 0.6 is 12.2 Å². The number of hydrogen-bond acceptors (Lipinski definition) is 3. The summed E-state index contributed by atoms with van der Waals surface area (Å²) in [4.78, 5) is 13.6. The minimum absolute atomic E-state index is 0.0249. The molecule has 2 aliphatic rings. The second-order valence-electron chi connectivity index (χ2n) is 3.48. The number of likely N-dealkylation sites (N-methyl/N-ethyl adjacent to an activating group) is 1. The van der Waals surface area contributed by atoms with Crippen LogP contribution in [0.2, 0.25) is 0 Å². The molecule has 0 bridgehead atoms. The number of amides is 1. The molecule has 1 atom stereocenters. The third-order valence-electron chi connectivity index (χ3n) is 2.47. The predicted octanol–water partition coefficient (Wildman–Crippen LogP) is -0.935. The lowest BCUT2D eigenvalue weighted by Gasteiger charge is -2.19. The molecule has 2 N–H and O–H groups in total. The average molecular weight is 185 g/mol. The smallest absolute Gasteiger partial charge is 0.253 e. The summed E-state index contributed by atoms with van der Waals surface area (Å²) < 4.78 is 0. The molecule has 0 aromatic heterocycles. The minimum Gasteiger partial charge on any atom is -0.347 e. The van der Waals surface area contributed by atoms with E-state index in [1.807, 2.05) is 7.05 Å². The van der Waals surface area contributed by atoms with Crippen molar-refractivity contribution >= 4 is 23.2 Å². The Labute approximate surface area is 76.3 Å². The van der Waals surface area contributed by atoms with E-state index in [1.54, 1.807) is 0 Å². The molecule has 0 radical (unpaired) electrons. The molecular formula is C7H11N3OS. The van der Waals surface area contributed by atoms with E-state index >= 15 is 0 Å². The molecule has 4 nitrogen and oxygen atoms in total. The highest BCUT2D eigenvalue weighted by Crippen LogP contribution is 2.22. The SMILES string of the molecule is CN1CCC2(C1)NC(=S)NC2=O. The van der Waals surface area contributed by atoms with Crippen molar-refractivity contribution in [1.29, 1.82) is 0 Å². The number of nitrogens with zero attached hydrogens (tertiary/aromatic N) is 1. The first kappa shape index (κ1) is 7.94. The fourth-order valence-corrected chi connectivity index (χ4v) is 2.10. The molecule has 2 saturated heterocycles. The molecule has 0 aromatic rings. The zero-order chi connectivity index (χ0) is 8.77. The van der Waals surface area contributed by atoms with Gasteiger partial charge in [-0.3, -0.25) is 4.79 Å². The fraction of sp³-hybridized carbons (Fsp3) is 0.714. The van der Waals surface area contributed by atoms with Crippen LogP contribution in [0.1, 0.15) is 6.42 Å². The third kappa shape index (κ3) is 1.01. The summed E-state index contributed by atoms with van der Waals surface area (Å²) in [6, 6.07) is 0. The van der Waals surface area contributed by atoms with Crippen LogP contribution in [0.5, 0.6) is 0 Å². The average Bonchev–Trinajstić information content (AvgIpc) is 2.43. The zero-order valence-corrected chi connectivity index (χ0v) is 7.70. The standard InChI is InChI=1S/C7H11N3OS/c1-10-3-2-7(4-10)5(11)8-6(12)9-7/h2-4H2,1H3,(H2,8,9,11,12). The van der Waals surface area contributed by atoms with Gasteiger partial charge in [0.1, 0.15) is 5.54 Å². The Morgan fingerprint density at radius 3 is 2.83 bits per heavy atom. The van der Waals surface area contributed by atoms with Crippen LogP contribution in [0.15, 0.2) is 0 Å². The van der Waals surface area contributed by atoms with Gasteiger partial charge in [-0.1, -0.05) is 0 Å². The molecule has 2 heterocycles. The first-order chi connectivity index (χ1) is 5.62. The van der Waals surface area contributed by atoms with Crippen LogP contribution in [0.25, 0.3) is 0 Å². The van der Waals surface area contributed by atoms with Crippen molar-refractivity contribution < 1.29 is 4.79 Å². The van der Waals surface area contributed by atoms with E-state index in [-0.39, 0.29) is 5.91 Å². The van der Waals surface area contributed by atoms with Crippen LogP contribution in [0.4, 0.5) is 0 Å². The van der Waals surface area contributed by atoms with Gasteiger partial charge in [0.15, 0.2) is 5.11 Å². The molecule has 2 rings (SSSR count). The Morgan fingerprint density at radius 1 is 1.67 bits per heavy atom. The van der Waals surface area contributed by atoms with Gasteiger partial charge < -0.3 is 15.5 Å². The Kier molecular flexibility index (Phi) is 1.59. The van der Waals surface area contributed by atoms with Crippen LogP contribution in [-0.4, -0.2) is 41.6 Å². The second kappa shape index (κ2) is 2.40. The van der Waals surface area contributed by atoms with E-state index in [0.29, 0.717) is 5.11 Å². The minimum atomic E-state index is -0.425. The zero-order valence-electron chi connectivity index (χ0n) is 6.89. The van der Waals surface area contributed by atoms with E-state index in [1.165, 1.54) is 0 Å². The van der Waals surface area contributed by atoms with E-state index in [2.05, 4.69) is 15.5 Å². The highest BCUT2D eigenvalue weighted by molar-refractivity contribution is 7.80. The largest absolute Gasteiger partial charge is 0.347 e. The molecule has 2 fully saturated rings. The molecule has 1 unspecified atom stereocenters. The maximum Gasteiger partial charge on any atom is 0.253 e. The monoisotopic (exact) mass is 185 g/mol. The number of rotatable bonds is 0. The summed E-state index contributed by atoms with van der Waals surface area (Å²) in [6.45, 7) is 1.70. The predicted molar refractivity (Wildman–Crippen MR) is 48.7 cm³/mol. The van der Waals surface area contributed by atoms with E-state index in [9.17, 15) is 4.79 Å². The van der Waals surface area contributed by atoms with Gasteiger partial charge in [0, 0.05) is 13.1 Å². The van der Waals surface area contributed by atoms with Gasteiger partial charge in [0.05, 0.1) is 0 Å². The fourth-order valence-electron chi connectivity index (χ4n) is 1.82. The summed E-state index contributed by atoms with van der Waals surface area (Å²) in [7, 11) is 2.01. The number of carbonyl (C=O) groups excluding carboxylic acids is 1. The van der Waals surface area contributed by atoms with Crippen molar-refractivity contribution in [3.63, 3.8) is 0 Å². The molecule has 12 heavy (non-hydrogen) atoms. The van der Waals surface area contributed by atoms with Gasteiger partial charge in [0.25, 0.3) is 5.91 Å². The molecule has 66 valence electrons. The Balaban J connectivity index is 2.22. The lowest BCUT2D eigenvalue weighted by atomic mass is 10.00. The highest BCUT2D eigenvalue weighted by Gasteiger charge is 2.48. The van der Waals surface area contributed by atoms with Crippen molar-refractivity contribution in [2.75, 3.05) is 20.1 Å². The normalized spacial score (nSPS) is 35.8. The van der Waals surface area contributed by atoms with Crippen molar-refractivity contribution in [3.05, 3.63) is 0 Å². The number of hydrogen-bond donors (Lipinski definition) is 2. The van der Waals surface area contributed by atoms with Crippen molar-refractivity contribution in [2.24, 2.45) is 0 Å². The van der Waals surface area contributed by atoms with E-state index < -0.39 is 5.54 Å². The Bertz CT molecular complexity index is 255. The number of carbonyl (C=O) groups is 1. The number of nitrogens with one attached hydrogen (secondary N) is 2. The number of likely N-dealkylation sites (tertiary alicyclic amines) is 1. The molecule has 0 saturated carbocycles. The van der Waals surface area contributed by atoms with Gasteiger partial charge in [-0.05, 0) is 25.7 Å². The van der Waals surface area contributed by atoms with Gasteiger partial charge in [-0.25, -0.2) is 0 Å². The molecule has 0 aliphatic carbocycles. The summed E-state index contributed by atoms with van der Waals surface area (Å²) in [5, 5.41) is 6.13. The van der Waals surface area contributed by atoms with Gasteiger partial charge in [-0.2, -0.15) is 0 Å². The van der Waals surface area contributed by atoms with Crippen LogP contribution < -0.4 is 10.6 Å². The summed E-state index contributed by atoms with van der Waals surface area (Å²) in [5.41, 5.74) is -0.425. The third-order valence-corrected chi connectivity index (χ3v) is 2.68. The van der Waals surface area contributed by atoms with Crippen LogP contribution in [0.3, 0.4) is 0 Å². The maximum absolute atomic E-state index is 11.5. The summed E-state index contributed by atoms with van der Waals surface area (Å²) >= 11 is 4.88. The van der Waals surface area contributed by atoms with E-state index in [4.69, 9.17) is 12.2 Å². The summed E-state index contributed by atoms with van der Waals surface area (Å²) in [5.74, 6) is 0.0249. The molecule has 0 aromatic carbocycles. The molecular weight excluding hydrogens is 174 g/mol. The topological polar surface area (TPSA) is 44.4 Å². The van der Waals surface area contributed by atoms with Crippen LogP contribution in [-0.2, 0) is 4.79 Å². The molecule has 1 amide bonds. The first-order valence-electron chi connectivity index (χ1n) is 3.95. The molecule has 1 spiro atoms. The van der Waals surface area contributed by atoms with Crippen molar-refractivity contribution in [3.8, 4) is 0 Å². The number of thiocarbonyl (C=S) groups is 1. The maximum atomic E-state index is 11.5. The lowest BCUT2D eigenvalue weighted by Crippen LogP contribution is -2.48. The summed E-state index contributed by atoms with van der Waals surface area (Å²) in [6.07, 6.45) is 0.843. The Hall–Kier alpha value is -0.680. The molecule has 2 aliphatic heterocycles. The van der Waals surface area contributed by atoms with Crippen molar-refractivity contribution in [1.82, 2.24) is 15.5 Å². The quantitative estimate of drug-likeness (QED) is 0.478.